The molecule has 20 heavy (non-hydrogen) atoms. The molecule has 2 aliphatic heterocycles. The topological polar surface area (TPSA) is 60.9 Å². The lowest BCUT2D eigenvalue weighted by Crippen LogP contribution is -2.41. The van der Waals surface area contributed by atoms with Gasteiger partial charge in [-0.1, -0.05) is 18.2 Å². The number of hydrogen-bond acceptors (Lipinski definition) is 4. The van der Waals surface area contributed by atoms with Gasteiger partial charge in [-0.15, -0.1) is 0 Å². The zero-order chi connectivity index (χ0) is 14.2. The molecular formula is C14H20N2O3S. The minimum absolute atomic E-state index is 0.0593. The maximum absolute atomic E-state index is 12.5. The number of sulfonamides is 1. The molecule has 2 heterocycles. The summed E-state index contributed by atoms with van der Waals surface area (Å²) >= 11 is 0. The van der Waals surface area contributed by atoms with Gasteiger partial charge in [0.05, 0.1) is 17.0 Å². The molecule has 6 heteroatoms. The lowest BCUT2D eigenvalue weighted by atomic mass is 10.2. The second kappa shape index (κ2) is 5.44. The molecule has 2 saturated heterocycles. The molecular weight excluding hydrogens is 276 g/mol. The first-order chi connectivity index (χ1) is 9.59. The van der Waals surface area contributed by atoms with Crippen molar-refractivity contribution in [2.75, 3.05) is 26.2 Å². The van der Waals surface area contributed by atoms with Crippen LogP contribution < -0.4 is 0 Å². The first kappa shape index (κ1) is 14.0. The van der Waals surface area contributed by atoms with Gasteiger partial charge in [0, 0.05) is 13.1 Å². The molecule has 1 aromatic carbocycles. The van der Waals surface area contributed by atoms with E-state index in [1.54, 1.807) is 30.3 Å². The fourth-order valence-corrected chi connectivity index (χ4v) is 4.60. The third-order valence-electron chi connectivity index (χ3n) is 4.22. The van der Waals surface area contributed by atoms with Crippen LogP contribution in [0.4, 0.5) is 0 Å². The van der Waals surface area contributed by atoms with Crippen molar-refractivity contribution in [3.63, 3.8) is 0 Å². The summed E-state index contributed by atoms with van der Waals surface area (Å²) < 4.78 is 26.5. The molecule has 0 bridgehead atoms. The van der Waals surface area contributed by atoms with Crippen molar-refractivity contribution < 1.29 is 13.5 Å². The Bertz CT molecular complexity index is 555. The van der Waals surface area contributed by atoms with Crippen LogP contribution in [-0.4, -0.2) is 61.1 Å². The van der Waals surface area contributed by atoms with Crippen molar-refractivity contribution in [1.29, 1.82) is 0 Å². The van der Waals surface area contributed by atoms with Crippen molar-refractivity contribution in [2.45, 2.75) is 29.9 Å². The number of aliphatic hydroxyl groups excluding tert-OH is 1. The molecule has 110 valence electrons. The average molecular weight is 296 g/mol. The average Bonchev–Trinajstić information content (AvgIpc) is 3.08. The largest absolute Gasteiger partial charge is 0.390 e. The van der Waals surface area contributed by atoms with Gasteiger partial charge in [0.2, 0.25) is 10.0 Å². The monoisotopic (exact) mass is 296 g/mol. The molecule has 1 aromatic rings. The van der Waals surface area contributed by atoms with Gasteiger partial charge in [-0.25, -0.2) is 8.42 Å². The predicted octanol–water partition coefficient (Wildman–Crippen LogP) is 0.516. The van der Waals surface area contributed by atoms with Gasteiger partial charge in [-0.3, -0.25) is 4.90 Å². The number of likely N-dealkylation sites (tertiary alicyclic amines) is 1. The fraction of sp³-hybridized carbons (Fsp3) is 0.571. The van der Waals surface area contributed by atoms with E-state index in [0.717, 1.165) is 25.9 Å². The summed E-state index contributed by atoms with van der Waals surface area (Å²) in [7, 11) is -3.49. The van der Waals surface area contributed by atoms with Gasteiger partial charge in [-0.2, -0.15) is 4.31 Å². The molecule has 0 saturated carbocycles. The molecule has 0 unspecified atom stereocenters. The maximum atomic E-state index is 12.5. The molecule has 2 aliphatic rings. The van der Waals surface area contributed by atoms with E-state index in [0.29, 0.717) is 11.4 Å². The Balaban J connectivity index is 1.79. The molecule has 5 nitrogen and oxygen atoms in total. The van der Waals surface area contributed by atoms with Gasteiger partial charge < -0.3 is 5.11 Å². The Morgan fingerprint density at radius 2 is 1.70 bits per heavy atom. The Labute approximate surface area is 119 Å². The van der Waals surface area contributed by atoms with E-state index >= 15 is 0 Å². The predicted molar refractivity (Wildman–Crippen MR) is 75.8 cm³/mol. The highest BCUT2D eigenvalue weighted by atomic mass is 32.2. The van der Waals surface area contributed by atoms with Crippen molar-refractivity contribution in [2.24, 2.45) is 0 Å². The smallest absolute Gasteiger partial charge is 0.243 e. The number of hydrogen-bond donors (Lipinski definition) is 1. The van der Waals surface area contributed by atoms with E-state index in [1.807, 2.05) is 0 Å². The number of benzene rings is 1. The van der Waals surface area contributed by atoms with Crippen LogP contribution in [0.3, 0.4) is 0 Å². The summed E-state index contributed by atoms with van der Waals surface area (Å²) in [6, 6.07) is 8.38. The molecule has 0 aromatic heterocycles. The van der Waals surface area contributed by atoms with Gasteiger partial charge in [0.1, 0.15) is 0 Å². The number of β-amino-alcohol motifs (C(OH)–C–C–N with tert-alkyl or cyclic N) is 1. The molecule has 2 fully saturated rings. The van der Waals surface area contributed by atoms with Crippen LogP contribution in [0.25, 0.3) is 0 Å². The van der Waals surface area contributed by atoms with Crippen LogP contribution in [0.1, 0.15) is 12.8 Å². The highest BCUT2D eigenvalue weighted by molar-refractivity contribution is 7.89. The van der Waals surface area contributed by atoms with Crippen LogP contribution in [0.5, 0.6) is 0 Å². The lowest BCUT2D eigenvalue weighted by molar-refractivity contribution is 0.0983. The molecule has 1 N–H and O–H groups in total. The van der Waals surface area contributed by atoms with Gasteiger partial charge in [0.25, 0.3) is 0 Å². The molecule has 0 radical (unpaired) electrons. The molecule has 0 amide bonds. The SMILES string of the molecule is O=S(=O)(c1ccccc1)N1C[C@@H](O)[C@H](N2CCCC2)C1. The lowest BCUT2D eigenvalue weighted by Gasteiger charge is -2.25. The molecule has 2 atom stereocenters. The summed E-state index contributed by atoms with van der Waals surface area (Å²) in [5, 5.41) is 10.2. The van der Waals surface area contributed by atoms with Crippen molar-refractivity contribution in [1.82, 2.24) is 9.21 Å². The van der Waals surface area contributed by atoms with E-state index < -0.39 is 16.1 Å². The Morgan fingerprint density at radius 3 is 2.35 bits per heavy atom. The summed E-state index contributed by atoms with van der Waals surface area (Å²) in [5.74, 6) is 0. The van der Waals surface area contributed by atoms with Crippen LogP contribution in [-0.2, 0) is 10.0 Å². The van der Waals surface area contributed by atoms with Crippen LogP contribution in [0.15, 0.2) is 35.2 Å². The van der Waals surface area contributed by atoms with Crippen molar-refractivity contribution >= 4 is 10.0 Å². The van der Waals surface area contributed by atoms with E-state index in [9.17, 15) is 13.5 Å². The van der Waals surface area contributed by atoms with E-state index in [2.05, 4.69) is 4.90 Å². The Morgan fingerprint density at radius 1 is 1.05 bits per heavy atom. The van der Waals surface area contributed by atoms with E-state index in [1.165, 1.54) is 4.31 Å². The maximum Gasteiger partial charge on any atom is 0.243 e. The number of aliphatic hydroxyl groups is 1. The number of nitrogens with zero attached hydrogens (tertiary/aromatic N) is 2. The van der Waals surface area contributed by atoms with Gasteiger partial charge in [-0.05, 0) is 38.1 Å². The summed E-state index contributed by atoms with van der Waals surface area (Å²) in [6.45, 7) is 2.50. The Hall–Kier alpha value is -0.950. The normalized spacial score (nSPS) is 29.1. The molecule has 0 spiro atoms. The minimum atomic E-state index is -3.49. The van der Waals surface area contributed by atoms with Crippen LogP contribution in [0, 0.1) is 0 Å². The first-order valence-electron chi connectivity index (χ1n) is 7.06. The fourth-order valence-electron chi connectivity index (χ4n) is 3.11. The van der Waals surface area contributed by atoms with E-state index in [-0.39, 0.29) is 12.6 Å². The zero-order valence-electron chi connectivity index (χ0n) is 11.4. The van der Waals surface area contributed by atoms with Crippen molar-refractivity contribution in [3.05, 3.63) is 30.3 Å². The van der Waals surface area contributed by atoms with Crippen LogP contribution >= 0.6 is 0 Å². The van der Waals surface area contributed by atoms with Crippen LogP contribution in [0.2, 0.25) is 0 Å². The van der Waals surface area contributed by atoms with Gasteiger partial charge >= 0.3 is 0 Å². The Kier molecular flexibility index (Phi) is 3.81. The minimum Gasteiger partial charge on any atom is -0.390 e. The van der Waals surface area contributed by atoms with Crippen molar-refractivity contribution in [3.8, 4) is 0 Å². The first-order valence-corrected chi connectivity index (χ1v) is 8.50. The zero-order valence-corrected chi connectivity index (χ0v) is 12.2. The molecule has 0 aliphatic carbocycles. The van der Waals surface area contributed by atoms with E-state index in [4.69, 9.17) is 0 Å². The quantitative estimate of drug-likeness (QED) is 0.883. The number of rotatable bonds is 3. The molecule has 3 rings (SSSR count). The van der Waals surface area contributed by atoms with Gasteiger partial charge in [0.15, 0.2) is 0 Å². The standard InChI is InChI=1S/C14H20N2O3S/c17-14-11-16(10-13(14)15-8-4-5-9-15)20(18,19)12-6-2-1-3-7-12/h1-3,6-7,13-14,17H,4-5,8-11H2/t13-,14-/m1/s1. The second-order valence-electron chi connectivity index (χ2n) is 5.51. The second-order valence-corrected chi connectivity index (χ2v) is 7.45. The third kappa shape index (κ3) is 2.48. The summed E-state index contributed by atoms with van der Waals surface area (Å²) in [5.41, 5.74) is 0. The summed E-state index contributed by atoms with van der Waals surface area (Å²) in [4.78, 5) is 2.51. The summed E-state index contributed by atoms with van der Waals surface area (Å²) in [6.07, 6.45) is 1.68. The third-order valence-corrected chi connectivity index (χ3v) is 6.06. The highest BCUT2D eigenvalue weighted by Crippen LogP contribution is 2.25. The highest BCUT2D eigenvalue weighted by Gasteiger charge is 2.41.